The molecule has 0 saturated carbocycles. The Hall–Kier alpha value is -1.81. The van der Waals surface area contributed by atoms with E-state index in [-0.39, 0.29) is 16.5 Å². The van der Waals surface area contributed by atoms with Gasteiger partial charge in [-0.3, -0.25) is 4.79 Å². The van der Waals surface area contributed by atoms with Crippen LogP contribution in [-0.4, -0.2) is 43.1 Å². The highest BCUT2D eigenvalue weighted by atomic mass is 35.5. The van der Waals surface area contributed by atoms with Crippen LogP contribution in [0.5, 0.6) is 0 Å². The van der Waals surface area contributed by atoms with Gasteiger partial charge in [-0.25, -0.2) is 9.59 Å². The molecule has 3 heterocycles. The van der Waals surface area contributed by atoms with Crippen LogP contribution in [0.4, 0.5) is 9.80 Å². The number of ether oxygens (including phenoxy) is 2. The van der Waals surface area contributed by atoms with Gasteiger partial charge in [-0.15, -0.1) is 22.7 Å². The summed E-state index contributed by atoms with van der Waals surface area (Å²) in [5.41, 5.74) is 1.32. The molecule has 3 rings (SSSR count). The third-order valence-corrected chi connectivity index (χ3v) is 6.72. The molecular weight excluding hydrogens is 447 g/mol. The summed E-state index contributed by atoms with van der Waals surface area (Å²) in [6.45, 7) is 2.61. The molecule has 1 N–H and O–H groups in total. The zero-order valence-electron chi connectivity index (χ0n) is 15.0. The largest absolute Gasteiger partial charge is 0.462 e. The van der Waals surface area contributed by atoms with E-state index in [1.807, 2.05) is 0 Å². The molecule has 2 aromatic heterocycles. The van der Waals surface area contributed by atoms with Gasteiger partial charge in [0, 0.05) is 11.4 Å². The number of amides is 2. The van der Waals surface area contributed by atoms with Crippen molar-refractivity contribution in [3.05, 3.63) is 36.3 Å². The van der Waals surface area contributed by atoms with Crippen LogP contribution in [0.15, 0.2) is 6.07 Å². The number of hydrogen-bond acceptors (Lipinski definition) is 7. The van der Waals surface area contributed by atoms with E-state index in [1.165, 1.54) is 29.4 Å². The van der Waals surface area contributed by atoms with E-state index in [0.717, 1.165) is 21.8 Å². The molecule has 2 aromatic rings. The highest BCUT2D eigenvalue weighted by Crippen LogP contribution is 2.39. The second-order valence-electron chi connectivity index (χ2n) is 5.76. The number of anilines is 1. The van der Waals surface area contributed by atoms with Crippen molar-refractivity contribution in [2.45, 2.75) is 19.9 Å². The standard InChI is InChI=1S/C17H16Cl2N2O5S2/c1-3-26-16(23)12-8-4-5-21(17(24)25-2)7-10(8)27-15(12)20-14(22)9-6-11(18)28-13(9)19/h6H,3-5,7H2,1-2H3,(H,20,22). The number of nitrogens with one attached hydrogen (secondary N) is 1. The summed E-state index contributed by atoms with van der Waals surface area (Å²) >= 11 is 14.3. The quantitative estimate of drug-likeness (QED) is 0.667. The third kappa shape index (κ3) is 4.12. The van der Waals surface area contributed by atoms with Crippen molar-refractivity contribution in [2.75, 3.05) is 25.6 Å². The first-order valence-electron chi connectivity index (χ1n) is 8.26. The molecule has 0 unspecified atom stereocenters. The maximum absolute atomic E-state index is 12.6. The van der Waals surface area contributed by atoms with Gasteiger partial charge < -0.3 is 19.7 Å². The highest BCUT2D eigenvalue weighted by molar-refractivity contribution is 7.20. The maximum Gasteiger partial charge on any atom is 0.409 e. The number of hydrogen-bond donors (Lipinski definition) is 1. The van der Waals surface area contributed by atoms with Crippen molar-refractivity contribution >= 4 is 68.8 Å². The topological polar surface area (TPSA) is 84.9 Å². The summed E-state index contributed by atoms with van der Waals surface area (Å²) in [7, 11) is 1.32. The van der Waals surface area contributed by atoms with E-state index >= 15 is 0 Å². The van der Waals surface area contributed by atoms with Crippen LogP contribution < -0.4 is 5.32 Å². The molecule has 0 spiro atoms. The first-order valence-corrected chi connectivity index (χ1v) is 10.6. The summed E-state index contributed by atoms with van der Waals surface area (Å²) in [6.07, 6.45) is 0.0118. The Labute approximate surface area is 179 Å². The number of esters is 1. The van der Waals surface area contributed by atoms with Crippen LogP contribution in [-0.2, 0) is 22.4 Å². The van der Waals surface area contributed by atoms with Crippen LogP contribution >= 0.6 is 45.9 Å². The Morgan fingerprint density at radius 1 is 1.29 bits per heavy atom. The fourth-order valence-corrected chi connectivity index (χ4v) is 5.57. The zero-order chi connectivity index (χ0) is 20.4. The average Bonchev–Trinajstić information content (AvgIpc) is 3.19. The molecule has 0 aliphatic carbocycles. The minimum Gasteiger partial charge on any atom is -0.462 e. The fourth-order valence-electron chi connectivity index (χ4n) is 2.86. The van der Waals surface area contributed by atoms with Gasteiger partial charge in [0.25, 0.3) is 5.91 Å². The summed E-state index contributed by atoms with van der Waals surface area (Å²) in [6, 6.07) is 1.47. The number of carbonyl (C=O) groups excluding carboxylic acids is 3. The molecular formula is C17H16Cl2N2O5S2. The number of halogens is 2. The lowest BCUT2D eigenvalue weighted by molar-refractivity contribution is 0.0526. The maximum atomic E-state index is 12.6. The molecule has 0 radical (unpaired) electrons. The number of methoxy groups -OCH3 is 1. The van der Waals surface area contributed by atoms with Crippen LogP contribution in [0, 0.1) is 0 Å². The Morgan fingerprint density at radius 3 is 2.64 bits per heavy atom. The van der Waals surface area contributed by atoms with Gasteiger partial charge >= 0.3 is 12.1 Å². The average molecular weight is 463 g/mol. The normalized spacial score (nSPS) is 13.1. The van der Waals surface area contributed by atoms with Crippen molar-refractivity contribution in [3.63, 3.8) is 0 Å². The zero-order valence-corrected chi connectivity index (χ0v) is 18.1. The van der Waals surface area contributed by atoms with E-state index in [1.54, 1.807) is 6.92 Å². The molecule has 1 aliphatic rings. The third-order valence-electron chi connectivity index (χ3n) is 4.10. The molecule has 2 amide bonds. The van der Waals surface area contributed by atoms with Gasteiger partial charge in [0.05, 0.1) is 35.7 Å². The minimum absolute atomic E-state index is 0.205. The van der Waals surface area contributed by atoms with Crippen molar-refractivity contribution < 1.29 is 23.9 Å². The van der Waals surface area contributed by atoms with E-state index in [4.69, 9.17) is 32.7 Å². The van der Waals surface area contributed by atoms with Crippen LogP contribution in [0.2, 0.25) is 8.67 Å². The number of fused-ring (bicyclic) bond motifs is 1. The summed E-state index contributed by atoms with van der Waals surface area (Å²) in [5.74, 6) is -0.988. The number of nitrogens with zero attached hydrogens (tertiary/aromatic N) is 1. The van der Waals surface area contributed by atoms with Gasteiger partial charge in [0.2, 0.25) is 0 Å². The summed E-state index contributed by atoms with van der Waals surface area (Å²) < 4.78 is 10.6. The first kappa shape index (κ1) is 20.9. The number of carbonyl (C=O) groups is 3. The lowest BCUT2D eigenvalue weighted by Gasteiger charge is -2.25. The number of rotatable bonds is 4. The Kier molecular flexibility index (Phi) is 6.49. The fraction of sp³-hybridized carbons (Fsp3) is 0.353. The Bertz CT molecular complexity index is 940. The van der Waals surface area contributed by atoms with Crippen molar-refractivity contribution in [3.8, 4) is 0 Å². The van der Waals surface area contributed by atoms with Crippen LogP contribution in [0.25, 0.3) is 0 Å². The lowest BCUT2D eigenvalue weighted by Crippen LogP contribution is -2.35. The summed E-state index contributed by atoms with van der Waals surface area (Å²) in [5, 5.41) is 3.10. The molecule has 0 aromatic carbocycles. The summed E-state index contributed by atoms with van der Waals surface area (Å²) in [4.78, 5) is 39.3. The van der Waals surface area contributed by atoms with E-state index in [2.05, 4.69) is 5.32 Å². The minimum atomic E-state index is -0.517. The van der Waals surface area contributed by atoms with Gasteiger partial charge in [0.1, 0.15) is 9.34 Å². The predicted octanol–water partition coefficient (Wildman–Crippen LogP) is 4.67. The van der Waals surface area contributed by atoms with E-state index in [0.29, 0.717) is 34.4 Å². The second kappa shape index (κ2) is 8.69. The van der Waals surface area contributed by atoms with Crippen molar-refractivity contribution in [1.82, 2.24) is 4.90 Å². The van der Waals surface area contributed by atoms with Gasteiger partial charge in [0.15, 0.2) is 0 Å². The molecule has 0 fully saturated rings. The van der Waals surface area contributed by atoms with Crippen LogP contribution in [0.1, 0.15) is 38.1 Å². The molecule has 0 bridgehead atoms. The van der Waals surface area contributed by atoms with E-state index < -0.39 is 18.0 Å². The lowest BCUT2D eigenvalue weighted by atomic mass is 10.0. The Morgan fingerprint density at radius 2 is 2.04 bits per heavy atom. The molecule has 28 heavy (non-hydrogen) atoms. The Balaban J connectivity index is 1.95. The molecule has 7 nitrogen and oxygen atoms in total. The predicted molar refractivity (Wildman–Crippen MR) is 109 cm³/mol. The molecule has 150 valence electrons. The second-order valence-corrected chi connectivity index (χ2v) is 9.15. The molecule has 1 aliphatic heterocycles. The molecule has 11 heteroatoms. The van der Waals surface area contributed by atoms with Crippen molar-refractivity contribution in [1.29, 1.82) is 0 Å². The van der Waals surface area contributed by atoms with E-state index in [9.17, 15) is 14.4 Å². The smallest absolute Gasteiger partial charge is 0.409 e. The first-order chi connectivity index (χ1) is 13.3. The van der Waals surface area contributed by atoms with Crippen molar-refractivity contribution in [2.24, 2.45) is 0 Å². The molecule has 0 atom stereocenters. The van der Waals surface area contributed by atoms with Gasteiger partial charge in [-0.05, 0) is 25.0 Å². The number of thiophene rings is 2. The van der Waals surface area contributed by atoms with Gasteiger partial charge in [-0.1, -0.05) is 23.2 Å². The van der Waals surface area contributed by atoms with Gasteiger partial charge in [-0.2, -0.15) is 0 Å². The van der Waals surface area contributed by atoms with Crippen LogP contribution in [0.3, 0.4) is 0 Å². The SMILES string of the molecule is CCOC(=O)c1c(NC(=O)c2cc(Cl)sc2Cl)sc2c1CCN(C(=O)OC)C2. The monoisotopic (exact) mass is 462 g/mol. The molecule has 0 saturated heterocycles. The highest BCUT2D eigenvalue weighted by Gasteiger charge is 2.31.